The molecule has 2 rings (SSSR count). The fourth-order valence-electron chi connectivity index (χ4n) is 2.13. The highest BCUT2D eigenvalue weighted by atomic mass is 35.5. The van der Waals surface area contributed by atoms with Crippen LogP contribution in [0.15, 0.2) is 36.4 Å². The van der Waals surface area contributed by atoms with Crippen molar-refractivity contribution in [3.63, 3.8) is 0 Å². The van der Waals surface area contributed by atoms with Crippen LogP contribution < -0.4 is 20.7 Å². The molecule has 0 fully saturated rings. The average molecular weight is 398 g/mol. The molecule has 0 aromatic heterocycles. The van der Waals surface area contributed by atoms with E-state index in [1.54, 1.807) is 6.07 Å². The Balaban J connectivity index is 2.20. The van der Waals surface area contributed by atoms with Crippen LogP contribution in [0.25, 0.3) is 0 Å². The molecule has 0 bridgehead atoms. The van der Waals surface area contributed by atoms with Gasteiger partial charge >= 0.3 is 6.03 Å². The number of ether oxygens (including phenoxy) is 1. The first-order valence-corrected chi connectivity index (χ1v) is 8.29. The van der Waals surface area contributed by atoms with Crippen LogP contribution >= 0.6 is 23.2 Å². The lowest BCUT2D eigenvalue weighted by atomic mass is 10.1. The van der Waals surface area contributed by atoms with Gasteiger partial charge in [0.2, 0.25) is 0 Å². The zero-order chi connectivity index (χ0) is 19.1. The highest BCUT2D eigenvalue weighted by molar-refractivity contribution is 6.35. The van der Waals surface area contributed by atoms with Gasteiger partial charge in [0, 0.05) is 28.3 Å². The van der Waals surface area contributed by atoms with Crippen molar-refractivity contribution in [1.29, 1.82) is 0 Å². The number of aliphatic hydroxyl groups excluding tert-OH is 1. The van der Waals surface area contributed by atoms with Crippen molar-refractivity contribution in [1.82, 2.24) is 5.32 Å². The van der Waals surface area contributed by atoms with Crippen LogP contribution in [0.5, 0.6) is 5.75 Å². The molecule has 0 aliphatic rings. The summed E-state index contributed by atoms with van der Waals surface area (Å²) in [6.07, 6.45) is 0. The van der Waals surface area contributed by atoms with Gasteiger partial charge in [0.15, 0.2) is 0 Å². The summed E-state index contributed by atoms with van der Waals surface area (Å²) in [4.78, 5) is 24.5. The van der Waals surface area contributed by atoms with Crippen molar-refractivity contribution in [2.24, 2.45) is 0 Å². The minimum atomic E-state index is -0.590. The van der Waals surface area contributed by atoms with Gasteiger partial charge in [-0.1, -0.05) is 23.2 Å². The molecular formula is C17H17Cl2N3O4. The van der Waals surface area contributed by atoms with Gasteiger partial charge in [-0.25, -0.2) is 4.79 Å². The van der Waals surface area contributed by atoms with Gasteiger partial charge in [0.05, 0.1) is 25.0 Å². The third kappa shape index (κ3) is 5.52. The maximum absolute atomic E-state index is 12.3. The first-order chi connectivity index (χ1) is 12.4. The molecule has 3 amide bonds. The maximum Gasteiger partial charge on any atom is 0.323 e. The Bertz CT molecular complexity index is 794. The van der Waals surface area contributed by atoms with Gasteiger partial charge in [-0.3, -0.25) is 4.79 Å². The molecule has 0 unspecified atom stereocenters. The van der Waals surface area contributed by atoms with E-state index in [0.29, 0.717) is 21.5 Å². The van der Waals surface area contributed by atoms with Gasteiger partial charge in [0.25, 0.3) is 5.91 Å². The number of rotatable bonds is 6. The molecule has 9 heteroatoms. The SMILES string of the molecule is COc1ccc(C(=O)NCCO)c(NC(=O)Nc2cc(Cl)cc(Cl)c2)c1. The van der Waals surface area contributed by atoms with E-state index in [2.05, 4.69) is 16.0 Å². The van der Waals surface area contributed by atoms with Crippen molar-refractivity contribution in [2.75, 3.05) is 30.9 Å². The Morgan fingerprint density at radius 3 is 2.38 bits per heavy atom. The van der Waals surface area contributed by atoms with Crippen molar-refractivity contribution >= 4 is 46.5 Å². The van der Waals surface area contributed by atoms with Crippen LogP contribution in [0.4, 0.5) is 16.2 Å². The molecule has 138 valence electrons. The molecule has 0 saturated heterocycles. The maximum atomic E-state index is 12.3. The summed E-state index contributed by atoms with van der Waals surface area (Å²) in [5, 5.41) is 17.3. The van der Waals surface area contributed by atoms with Crippen LogP contribution in [0.2, 0.25) is 10.0 Å². The van der Waals surface area contributed by atoms with Crippen molar-refractivity contribution in [3.8, 4) is 5.75 Å². The summed E-state index contributed by atoms with van der Waals surface area (Å²) in [7, 11) is 1.47. The summed E-state index contributed by atoms with van der Waals surface area (Å²) < 4.78 is 5.12. The number of carbonyl (C=O) groups is 2. The first-order valence-electron chi connectivity index (χ1n) is 7.54. The van der Waals surface area contributed by atoms with Crippen molar-refractivity contribution < 1.29 is 19.4 Å². The van der Waals surface area contributed by atoms with E-state index in [4.69, 9.17) is 33.0 Å². The fourth-order valence-corrected chi connectivity index (χ4v) is 2.65. The number of carbonyl (C=O) groups excluding carboxylic acids is 2. The number of hydrogen-bond acceptors (Lipinski definition) is 4. The zero-order valence-corrected chi connectivity index (χ0v) is 15.3. The topological polar surface area (TPSA) is 99.7 Å². The van der Waals surface area contributed by atoms with Gasteiger partial charge in [-0.05, 0) is 30.3 Å². The number of halogens is 2. The van der Waals surface area contributed by atoms with Crippen LogP contribution in [0, 0.1) is 0 Å². The number of methoxy groups -OCH3 is 1. The number of amides is 3. The summed E-state index contributed by atoms with van der Waals surface area (Å²) in [5.41, 5.74) is 0.859. The van der Waals surface area contributed by atoms with Crippen molar-refractivity contribution in [2.45, 2.75) is 0 Å². The Hall–Kier alpha value is -2.48. The van der Waals surface area contributed by atoms with Gasteiger partial charge in [-0.15, -0.1) is 0 Å². The van der Waals surface area contributed by atoms with E-state index in [0.717, 1.165) is 0 Å². The standard InChI is InChI=1S/C17H17Cl2N3O4/c1-26-13-2-3-14(16(24)20-4-5-23)15(9-13)22-17(25)21-12-7-10(18)6-11(19)8-12/h2-3,6-9,23H,4-5H2,1H3,(H,20,24)(H2,21,22,25). The molecule has 2 aromatic rings. The number of benzene rings is 2. The predicted molar refractivity (Wildman–Crippen MR) is 102 cm³/mol. The zero-order valence-electron chi connectivity index (χ0n) is 13.8. The molecule has 0 radical (unpaired) electrons. The molecule has 0 saturated carbocycles. The molecule has 0 heterocycles. The van der Waals surface area contributed by atoms with Crippen LogP contribution in [0.1, 0.15) is 10.4 Å². The second-order valence-electron chi connectivity index (χ2n) is 5.13. The third-order valence-corrected chi connectivity index (χ3v) is 3.67. The minimum absolute atomic E-state index is 0.0948. The third-order valence-electron chi connectivity index (χ3n) is 3.24. The van der Waals surface area contributed by atoms with Gasteiger partial charge in [-0.2, -0.15) is 0 Å². The second-order valence-corrected chi connectivity index (χ2v) is 6.00. The molecule has 2 aromatic carbocycles. The number of hydrogen-bond donors (Lipinski definition) is 4. The van der Waals surface area contributed by atoms with E-state index >= 15 is 0 Å². The van der Waals surface area contributed by atoms with E-state index in [1.165, 1.54) is 37.4 Å². The normalized spacial score (nSPS) is 10.2. The number of nitrogens with one attached hydrogen (secondary N) is 3. The molecule has 0 aliphatic carbocycles. The average Bonchev–Trinajstić information content (AvgIpc) is 2.58. The number of aliphatic hydroxyl groups is 1. The van der Waals surface area contributed by atoms with Crippen LogP contribution in [0.3, 0.4) is 0 Å². The second kappa shape index (κ2) is 9.28. The quantitative estimate of drug-likeness (QED) is 0.600. The lowest BCUT2D eigenvalue weighted by Gasteiger charge is -2.13. The van der Waals surface area contributed by atoms with Gasteiger partial charge in [0.1, 0.15) is 5.75 Å². The highest BCUT2D eigenvalue weighted by Gasteiger charge is 2.15. The van der Waals surface area contributed by atoms with E-state index in [-0.39, 0.29) is 24.4 Å². The van der Waals surface area contributed by atoms with E-state index in [1.807, 2.05) is 0 Å². The van der Waals surface area contributed by atoms with E-state index < -0.39 is 11.9 Å². The van der Waals surface area contributed by atoms with Crippen LogP contribution in [-0.2, 0) is 0 Å². The predicted octanol–water partition coefficient (Wildman–Crippen LogP) is 3.37. The first kappa shape index (κ1) is 19.8. The Kier molecular flexibility index (Phi) is 7.08. The minimum Gasteiger partial charge on any atom is -0.497 e. The number of anilines is 2. The molecule has 26 heavy (non-hydrogen) atoms. The molecular weight excluding hydrogens is 381 g/mol. The van der Waals surface area contributed by atoms with Crippen molar-refractivity contribution in [3.05, 3.63) is 52.0 Å². The largest absolute Gasteiger partial charge is 0.497 e. The smallest absolute Gasteiger partial charge is 0.323 e. The monoisotopic (exact) mass is 397 g/mol. The van der Waals surface area contributed by atoms with Gasteiger partial charge < -0.3 is 25.8 Å². The molecule has 0 spiro atoms. The highest BCUT2D eigenvalue weighted by Crippen LogP contribution is 2.25. The Morgan fingerprint density at radius 1 is 1.08 bits per heavy atom. The molecule has 0 atom stereocenters. The fraction of sp³-hybridized carbons (Fsp3) is 0.176. The Morgan fingerprint density at radius 2 is 1.77 bits per heavy atom. The lowest BCUT2D eigenvalue weighted by molar-refractivity contribution is 0.0945. The summed E-state index contributed by atoms with van der Waals surface area (Å²) >= 11 is 11.8. The summed E-state index contributed by atoms with van der Waals surface area (Å²) in [5.74, 6) is 0.0209. The lowest BCUT2D eigenvalue weighted by Crippen LogP contribution is -2.28. The summed E-state index contributed by atoms with van der Waals surface area (Å²) in [6.45, 7) is -0.0990. The van der Waals surface area contributed by atoms with E-state index in [9.17, 15) is 9.59 Å². The molecule has 0 aliphatic heterocycles. The summed E-state index contributed by atoms with van der Waals surface area (Å²) in [6, 6.07) is 8.63. The Labute approximate surface area is 160 Å². The number of urea groups is 1. The molecule has 7 nitrogen and oxygen atoms in total. The van der Waals surface area contributed by atoms with Crippen LogP contribution in [-0.4, -0.2) is 37.3 Å². The molecule has 4 N–H and O–H groups in total.